The molecule has 1 fully saturated rings. The van der Waals surface area contributed by atoms with E-state index in [-0.39, 0.29) is 23.0 Å². The van der Waals surface area contributed by atoms with Crippen LogP contribution in [-0.2, 0) is 14.0 Å². The Morgan fingerprint density at radius 1 is 1.43 bits per heavy atom. The van der Waals surface area contributed by atoms with Crippen molar-refractivity contribution in [2.24, 2.45) is 0 Å². The molecule has 9 heteroatoms. The van der Waals surface area contributed by atoms with Gasteiger partial charge in [-0.2, -0.15) is 0 Å². The number of aromatic nitrogens is 1. The first-order chi connectivity index (χ1) is 13.0. The third-order valence-electron chi connectivity index (χ3n) is 5.42. The van der Waals surface area contributed by atoms with Crippen molar-refractivity contribution in [3.05, 3.63) is 11.1 Å². The largest absolute Gasteiger partial charge is 0.461 e. The van der Waals surface area contributed by atoms with Crippen molar-refractivity contribution in [1.29, 1.82) is 0 Å². The summed E-state index contributed by atoms with van der Waals surface area (Å²) in [6, 6.07) is 0.161. The summed E-state index contributed by atoms with van der Waals surface area (Å²) in [6.07, 6.45) is 1.46. The summed E-state index contributed by atoms with van der Waals surface area (Å²) in [5.41, 5.74) is 0.354. The maximum absolute atomic E-state index is 12.3. The smallest absolute Gasteiger partial charge is 0.357 e. The lowest BCUT2D eigenvalue weighted by Gasteiger charge is -2.38. The Labute approximate surface area is 177 Å². The van der Waals surface area contributed by atoms with Crippen LogP contribution in [0.5, 0.6) is 0 Å². The summed E-state index contributed by atoms with van der Waals surface area (Å²) < 4.78 is 12.1. The molecule has 1 aliphatic rings. The van der Waals surface area contributed by atoms with E-state index in [9.17, 15) is 9.59 Å². The fraction of sp³-hybridized carbons (Fsp3) is 0.737. The average molecular weight is 445 g/mol. The van der Waals surface area contributed by atoms with Gasteiger partial charge in [-0.05, 0) is 31.5 Å². The molecule has 1 aromatic rings. The van der Waals surface area contributed by atoms with Gasteiger partial charge in [-0.15, -0.1) is 11.3 Å². The molecule has 1 aromatic heterocycles. The molecule has 1 atom stereocenters. The Bertz CT molecular complexity index is 688. The molecule has 0 aromatic carbocycles. The van der Waals surface area contributed by atoms with E-state index in [2.05, 4.69) is 38.8 Å². The molecular formula is C19H32N2O4S2Si. The van der Waals surface area contributed by atoms with Crippen molar-refractivity contribution in [1.82, 2.24) is 9.88 Å². The number of rotatable bonds is 9. The highest BCUT2D eigenvalue weighted by atomic mass is 32.2. The first-order valence-electron chi connectivity index (χ1n) is 9.74. The van der Waals surface area contributed by atoms with Crippen LogP contribution in [-0.4, -0.2) is 61.6 Å². The van der Waals surface area contributed by atoms with Crippen LogP contribution in [0.3, 0.4) is 0 Å². The van der Waals surface area contributed by atoms with E-state index in [1.165, 1.54) is 11.3 Å². The monoisotopic (exact) mass is 444 g/mol. The minimum absolute atomic E-state index is 0.161. The lowest BCUT2D eigenvalue weighted by atomic mass is 10.2. The van der Waals surface area contributed by atoms with Gasteiger partial charge in [0.05, 0.1) is 19.3 Å². The fourth-order valence-electron chi connectivity index (χ4n) is 2.65. The first-order valence-corrected chi connectivity index (χ1v) is 14.5. The molecule has 2 rings (SSSR count). The molecule has 0 bridgehead atoms. The van der Waals surface area contributed by atoms with E-state index in [1.54, 1.807) is 24.1 Å². The minimum Gasteiger partial charge on any atom is -0.461 e. The van der Waals surface area contributed by atoms with Crippen LogP contribution in [0.25, 0.3) is 0 Å². The zero-order valence-electron chi connectivity index (χ0n) is 17.7. The normalized spacial score (nSPS) is 18.0. The number of ether oxygens (including phenoxy) is 1. The topological polar surface area (TPSA) is 68.7 Å². The highest BCUT2D eigenvalue weighted by Crippen LogP contribution is 2.37. The molecular weight excluding hydrogens is 412 g/mol. The third kappa shape index (κ3) is 6.05. The highest BCUT2D eigenvalue weighted by molar-refractivity contribution is 8.01. The molecule has 1 unspecified atom stereocenters. The van der Waals surface area contributed by atoms with Gasteiger partial charge in [0.1, 0.15) is 0 Å². The number of thiazole rings is 1. The van der Waals surface area contributed by atoms with E-state index in [1.807, 2.05) is 4.90 Å². The number of amides is 1. The van der Waals surface area contributed by atoms with E-state index < -0.39 is 8.32 Å². The number of thioether (sulfide) groups is 1. The summed E-state index contributed by atoms with van der Waals surface area (Å²) >= 11 is 3.00. The van der Waals surface area contributed by atoms with Gasteiger partial charge in [-0.1, -0.05) is 32.5 Å². The zero-order chi connectivity index (χ0) is 20.9. The number of nitrogens with zero attached hydrogens (tertiary/aromatic N) is 2. The van der Waals surface area contributed by atoms with Gasteiger partial charge in [-0.3, -0.25) is 4.79 Å². The lowest BCUT2D eigenvalue weighted by molar-refractivity contribution is -0.129. The van der Waals surface area contributed by atoms with Crippen LogP contribution in [0.15, 0.2) is 9.72 Å². The second kappa shape index (κ2) is 9.73. The predicted molar refractivity (Wildman–Crippen MR) is 117 cm³/mol. The highest BCUT2D eigenvalue weighted by Gasteiger charge is 2.39. The molecule has 1 amide bonds. The first kappa shape index (κ1) is 23.4. The molecule has 0 spiro atoms. The number of hydrogen-bond donors (Lipinski definition) is 0. The van der Waals surface area contributed by atoms with Crippen molar-refractivity contribution < 1.29 is 18.8 Å². The lowest BCUT2D eigenvalue weighted by Crippen LogP contribution is -2.45. The van der Waals surface area contributed by atoms with Gasteiger partial charge in [0, 0.05) is 24.1 Å². The Morgan fingerprint density at radius 2 is 2.14 bits per heavy atom. The molecule has 0 aliphatic carbocycles. The van der Waals surface area contributed by atoms with Gasteiger partial charge in [0.2, 0.25) is 5.91 Å². The molecule has 2 heterocycles. The number of carbonyl (C=O) groups is 2. The van der Waals surface area contributed by atoms with Crippen LogP contribution >= 0.6 is 23.1 Å². The predicted octanol–water partition coefficient (Wildman–Crippen LogP) is 4.42. The summed E-state index contributed by atoms with van der Waals surface area (Å²) in [6.45, 7) is 14.6. The van der Waals surface area contributed by atoms with Crippen molar-refractivity contribution in [3.63, 3.8) is 0 Å². The molecule has 0 radical (unpaired) electrons. The Hall–Kier alpha value is -0.903. The molecule has 158 valence electrons. The summed E-state index contributed by atoms with van der Waals surface area (Å²) in [5, 5.41) is 1.88. The van der Waals surface area contributed by atoms with Crippen molar-refractivity contribution in [2.45, 2.75) is 69.1 Å². The van der Waals surface area contributed by atoms with Gasteiger partial charge < -0.3 is 14.1 Å². The molecule has 1 saturated heterocycles. The SMILES string of the molecule is CCOC(=O)c1csc(SCCN2C(=O)CCC2CO[Si](C)(C)C(C)(C)C)n1. The third-order valence-corrected chi connectivity index (χ3v) is 11.9. The maximum atomic E-state index is 12.3. The molecule has 0 saturated carbocycles. The van der Waals surface area contributed by atoms with Crippen LogP contribution < -0.4 is 0 Å². The quantitative estimate of drug-likeness (QED) is 0.319. The average Bonchev–Trinajstić information content (AvgIpc) is 3.20. The molecule has 6 nitrogen and oxygen atoms in total. The number of hydrogen-bond acceptors (Lipinski definition) is 7. The summed E-state index contributed by atoms with van der Waals surface area (Å²) in [7, 11) is -1.82. The molecule has 0 N–H and O–H groups in total. The minimum atomic E-state index is -1.82. The number of esters is 1. The standard InChI is InChI=1S/C19H32N2O4S2Si/c1-7-24-17(23)15-13-27-18(20-15)26-11-10-21-14(8-9-16(21)22)12-25-28(5,6)19(2,3)4/h13-14H,7-12H2,1-6H3. The second-order valence-electron chi connectivity index (χ2n) is 8.42. The van der Waals surface area contributed by atoms with Gasteiger partial charge >= 0.3 is 5.97 Å². The molecule has 28 heavy (non-hydrogen) atoms. The van der Waals surface area contributed by atoms with Gasteiger partial charge in [0.25, 0.3) is 0 Å². The fourth-order valence-corrected chi connectivity index (χ4v) is 5.49. The van der Waals surface area contributed by atoms with E-state index in [4.69, 9.17) is 9.16 Å². The van der Waals surface area contributed by atoms with Crippen molar-refractivity contribution in [2.75, 3.05) is 25.5 Å². The Kier molecular flexibility index (Phi) is 8.13. The van der Waals surface area contributed by atoms with E-state index in [0.717, 1.165) is 16.5 Å². The Balaban J connectivity index is 1.85. The van der Waals surface area contributed by atoms with Crippen molar-refractivity contribution >= 4 is 43.3 Å². The molecule has 1 aliphatic heterocycles. The number of carbonyl (C=O) groups excluding carboxylic acids is 2. The number of likely N-dealkylation sites (tertiary alicyclic amines) is 1. The summed E-state index contributed by atoms with van der Waals surface area (Å²) in [4.78, 5) is 30.3. The van der Waals surface area contributed by atoms with Gasteiger partial charge in [0.15, 0.2) is 18.4 Å². The van der Waals surface area contributed by atoms with Crippen LogP contribution in [0, 0.1) is 0 Å². The van der Waals surface area contributed by atoms with Gasteiger partial charge in [-0.25, -0.2) is 9.78 Å². The van der Waals surface area contributed by atoms with Crippen LogP contribution in [0.2, 0.25) is 18.1 Å². The van der Waals surface area contributed by atoms with E-state index >= 15 is 0 Å². The summed E-state index contributed by atoms with van der Waals surface area (Å²) in [5.74, 6) is 0.567. The van der Waals surface area contributed by atoms with E-state index in [0.29, 0.717) is 31.9 Å². The zero-order valence-corrected chi connectivity index (χ0v) is 20.4. The Morgan fingerprint density at radius 3 is 2.79 bits per heavy atom. The second-order valence-corrected chi connectivity index (χ2v) is 15.4. The maximum Gasteiger partial charge on any atom is 0.357 e. The van der Waals surface area contributed by atoms with Crippen LogP contribution in [0.4, 0.5) is 0 Å². The van der Waals surface area contributed by atoms with Crippen molar-refractivity contribution in [3.8, 4) is 0 Å². The van der Waals surface area contributed by atoms with Crippen LogP contribution in [0.1, 0.15) is 51.0 Å².